The summed E-state index contributed by atoms with van der Waals surface area (Å²) in [4.78, 5) is 0. The lowest BCUT2D eigenvalue weighted by atomic mass is 9.36. The number of fused-ring (bicyclic) bond motifs is 7. The lowest BCUT2D eigenvalue weighted by Crippen LogP contribution is -2.70. The van der Waals surface area contributed by atoms with Crippen molar-refractivity contribution in [1.82, 2.24) is 0 Å². The Morgan fingerprint density at radius 2 is 1.50 bits per heavy atom. The molecule has 1 aliphatic heterocycles. The Bertz CT molecular complexity index is 750. The lowest BCUT2D eigenvalue weighted by molar-refractivity contribution is -0.299. The van der Waals surface area contributed by atoms with E-state index < -0.39 is 34.4 Å². The van der Waals surface area contributed by atoms with E-state index in [1.54, 1.807) is 6.92 Å². The van der Waals surface area contributed by atoms with Gasteiger partial charge in [0.05, 0.1) is 18.1 Å². The van der Waals surface area contributed by atoms with Gasteiger partial charge in [-0.2, -0.15) is 0 Å². The van der Waals surface area contributed by atoms with Gasteiger partial charge in [-0.1, -0.05) is 34.6 Å². The normalized spacial score (nSPS) is 64.2. The van der Waals surface area contributed by atoms with Crippen LogP contribution in [0.15, 0.2) is 0 Å². The van der Waals surface area contributed by atoms with Gasteiger partial charge in [0.1, 0.15) is 11.7 Å². The Hall–Kier alpha value is -0.200. The molecule has 0 amide bonds. The van der Waals surface area contributed by atoms with E-state index in [1.165, 1.54) is 6.42 Å². The van der Waals surface area contributed by atoms with Crippen LogP contribution < -0.4 is 0 Å². The highest BCUT2D eigenvalue weighted by molar-refractivity contribution is 5.28. The summed E-state index contributed by atoms with van der Waals surface area (Å²) in [7, 11) is 0. The minimum atomic E-state index is -1.88. The highest BCUT2D eigenvalue weighted by Gasteiger charge is 2.81. The molecule has 0 aromatic rings. The molecule has 4 N–H and O–H groups in total. The van der Waals surface area contributed by atoms with Gasteiger partial charge in [0.15, 0.2) is 0 Å². The van der Waals surface area contributed by atoms with Crippen molar-refractivity contribution < 1.29 is 25.2 Å². The summed E-state index contributed by atoms with van der Waals surface area (Å²) >= 11 is 0. The molecule has 11 atom stereocenters. The third-order valence-corrected chi connectivity index (χ3v) is 11.8. The largest absolute Gasteiger partial charge is 0.387 e. The van der Waals surface area contributed by atoms with Crippen LogP contribution in [0.5, 0.6) is 0 Å². The summed E-state index contributed by atoms with van der Waals surface area (Å²) in [6.45, 7) is 13.5. The molecule has 0 spiro atoms. The Morgan fingerprint density at radius 3 is 2.17 bits per heavy atom. The summed E-state index contributed by atoms with van der Waals surface area (Å²) in [5, 5.41) is 46.1. The zero-order chi connectivity index (χ0) is 22.1. The quantitative estimate of drug-likeness (QED) is 0.482. The minimum Gasteiger partial charge on any atom is -0.387 e. The second-order valence-corrected chi connectivity index (χ2v) is 13.1. The van der Waals surface area contributed by atoms with Gasteiger partial charge in [-0.3, -0.25) is 0 Å². The highest BCUT2D eigenvalue weighted by atomic mass is 16.7. The number of aliphatic hydroxyl groups excluding tert-OH is 1. The van der Waals surface area contributed by atoms with Crippen LogP contribution in [0, 0.1) is 45.8 Å². The van der Waals surface area contributed by atoms with Gasteiger partial charge in [0, 0.05) is 11.3 Å². The first kappa shape index (κ1) is 21.6. The van der Waals surface area contributed by atoms with Crippen molar-refractivity contribution in [3.05, 3.63) is 0 Å². The molecule has 5 fully saturated rings. The summed E-state index contributed by atoms with van der Waals surface area (Å²) in [5.41, 5.74) is -2.87. The number of hydrogen-bond donors (Lipinski definition) is 4. The second-order valence-electron chi connectivity index (χ2n) is 13.1. The second kappa shape index (κ2) is 5.83. The van der Waals surface area contributed by atoms with Gasteiger partial charge in [0.25, 0.3) is 0 Å². The Kier molecular flexibility index (Phi) is 4.20. The van der Waals surface area contributed by atoms with Crippen LogP contribution in [-0.2, 0) is 4.74 Å². The maximum atomic E-state index is 12.3. The van der Waals surface area contributed by atoms with Crippen molar-refractivity contribution in [2.24, 2.45) is 45.8 Å². The predicted molar refractivity (Wildman–Crippen MR) is 113 cm³/mol. The molecule has 11 unspecified atom stereocenters. The zero-order valence-electron chi connectivity index (χ0n) is 19.6. The van der Waals surface area contributed by atoms with Crippen molar-refractivity contribution in [2.45, 2.75) is 103 Å². The molecule has 1 heterocycles. The van der Waals surface area contributed by atoms with Gasteiger partial charge in [-0.05, 0) is 74.0 Å². The predicted octanol–water partition coefficient (Wildman–Crippen LogP) is 3.08. The standard InChI is InChI=1S/C25H42O5/c1-14-9-11-21(4)16(20(14,2)3)10-12-22(5)17(21)8-7-15-18-23(6,27)13-30-25(18,29)19(26)24(15,22)28/h14-19,26-29H,7-13H2,1-6H3. The smallest absolute Gasteiger partial charge is 0.201 e. The molecular weight excluding hydrogens is 380 g/mol. The van der Waals surface area contributed by atoms with Gasteiger partial charge in [0.2, 0.25) is 5.79 Å². The van der Waals surface area contributed by atoms with Gasteiger partial charge < -0.3 is 25.2 Å². The average Bonchev–Trinajstić information content (AvgIpc) is 3.00. The summed E-state index contributed by atoms with van der Waals surface area (Å²) < 4.78 is 5.65. The zero-order valence-corrected chi connectivity index (χ0v) is 19.6. The van der Waals surface area contributed by atoms with Crippen molar-refractivity contribution in [2.75, 3.05) is 6.61 Å². The third kappa shape index (κ3) is 2.13. The van der Waals surface area contributed by atoms with Crippen LogP contribution >= 0.6 is 0 Å². The lowest BCUT2D eigenvalue weighted by Gasteiger charge is -2.69. The summed E-state index contributed by atoms with van der Waals surface area (Å²) in [6.07, 6.45) is 4.49. The van der Waals surface area contributed by atoms with E-state index >= 15 is 0 Å². The molecule has 0 aromatic heterocycles. The van der Waals surface area contributed by atoms with Gasteiger partial charge in [-0.15, -0.1) is 0 Å². The van der Waals surface area contributed by atoms with Crippen LogP contribution in [0.1, 0.15) is 80.1 Å². The number of ether oxygens (including phenoxy) is 1. The van der Waals surface area contributed by atoms with E-state index in [-0.39, 0.29) is 29.3 Å². The topological polar surface area (TPSA) is 90.2 Å². The average molecular weight is 423 g/mol. The first-order valence-corrected chi connectivity index (χ1v) is 12.2. The molecule has 5 aliphatic rings. The monoisotopic (exact) mass is 422 g/mol. The first-order valence-electron chi connectivity index (χ1n) is 12.2. The first-order chi connectivity index (χ1) is 13.7. The van der Waals surface area contributed by atoms with Crippen LogP contribution in [0.3, 0.4) is 0 Å². The summed E-state index contributed by atoms with van der Waals surface area (Å²) in [6, 6.07) is 0. The molecule has 0 radical (unpaired) electrons. The van der Waals surface area contributed by atoms with Crippen LogP contribution in [-0.4, -0.2) is 50.1 Å². The third-order valence-electron chi connectivity index (χ3n) is 11.8. The Labute approximate surface area is 181 Å². The van der Waals surface area contributed by atoms with Crippen molar-refractivity contribution in [3.63, 3.8) is 0 Å². The number of aliphatic hydroxyl groups is 4. The van der Waals surface area contributed by atoms with E-state index in [4.69, 9.17) is 4.74 Å². The fraction of sp³-hybridized carbons (Fsp3) is 1.00. The molecule has 172 valence electrons. The van der Waals surface area contributed by atoms with E-state index in [9.17, 15) is 20.4 Å². The van der Waals surface area contributed by atoms with E-state index in [1.807, 2.05) is 0 Å². The van der Waals surface area contributed by atoms with E-state index in [0.29, 0.717) is 18.3 Å². The molecule has 4 saturated carbocycles. The Balaban J connectivity index is 1.60. The van der Waals surface area contributed by atoms with E-state index in [2.05, 4.69) is 34.6 Å². The van der Waals surface area contributed by atoms with Crippen molar-refractivity contribution >= 4 is 0 Å². The molecule has 5 heteroatoms. The summed E-state index contributed by atoms with van der Waals surface area (Å²) in [5.74, 6) is -1.37. The molecule has 0 bridgehead atoms. The van der Waals surface area contributed by atoms with Crippen LogP contribution in [0.25, 0.3) is 0 Å². The van der Waals surface area contributed by atoms with Gasteiger partial charge >= 0.3 is 0 Å². The molecule has 5 rings (SSSR count). The molecule has 0 aromatic carbocycles. The van der Waals surface area contributed by atoms with Crippen molar-refractivity contribution in [1.29, 1.82) is 0 Å². The number of rotatable bonds is 0. The molecule has 5 nitrogen and oxygen atoms in total. The van der Waals surface area contributed by atoms with Crippen LogP contribution in [0.4, 0.5) is 0 Å². The van der Waals surface area contributed by atoms with E-state index in [0.717, 1.165) is 25.7 Å². The van der Waals surface area contributed by atoms with Crippen molar-refractivity contribution in [3.8, 4) is 0 Å². The highest BCUT2D eigenvalue weighted by Crippen LogP contribution is 2.75. The fourth-order valence-electron chi connectivity index (χ4n) is 9.96. The molecule has 4 aliphatic carbocycles. The Morgan fingerprint density at radius 1 is 0.833 bits per heavy atom. The molecule has 1 saturated heterocycles. The fourth-order valence-corrected chi connectivity index (χ4v) is 9.96. The van der Waals surface area contributed by atoms with Gasteiger partial charge in [-0.25, -0.2) is 0 Å². The molecule has 30 heavy (non-hydrogen) atoms. The molecular formula is C25H42O5. The SMILES string of the molecule is CC1CCC2(C)C(CCC3(C)C2CCC2C4C(C)(O)COC4(O)C(O)C23O)C1(C)C. The van der Waals surface area contributed by atoms with Crippen LogP contribution in [0.2, 0.25) is 0 Å². The maximum Gasteiger partial charge on any atom is 0.201 e. The minimum absolute atomic E-state index is 0.0101. The maximum absolute atomic E-state index is 12.3. The number of hydrogen-bond acceptors (Lipinski definition) is 5.